The molecule has 1 aromatic heterocycles. The second-order valence-corrected chi connectivity index (χ2v) is 10.6. The monoisotopic (exact) mass is 502 g/mol. The number of thiazole rings is 1. The van der Waals surface area contributed by atoms with Crippen molar-refractivity contribution in [3.8, 4) is 11.3 Å². The fourth-order valence-corrected chi connectivity index (χ4v) is 5.46. The van der Waals surface area contributed by atoms with Crippen molar-refractivity contribution in [1.29, 1.82) is 0 Å². The van der Waals surface area contributed by atoms with Crippen LogP contribution in [-0.4, -0.2) is 54.8 Å². The van der Waals surface area contributed by atoms with E-state index in [-0.39, 0.29) is 28.8 Å². The number of rotatable bonds is 8. The summed E-state index contributed by atoms with van der Waals surface area (Å²) >= 11 is 1.18. The van der Waals surface area contributed by atoms with Gasteiger partial charge in [0.25, 0.3) is 11.6 Å². The van der Waals surface area contributed by atoms with Crippen LogP contribution in [0.5, 0.6) is 0 Å². The average Bonchev–Trinajstić information content (AvgIpc) is 3.51. The minimum absolute atomic E-state index is 0.0486. The molecule has 0 saturated carbocycles. The molecule has 1 aliphatic heterocycles. The van der Waals surface area contributed by atoms with Gasteiger partial charge in [0, 0.05) is 48.8 Å². The first-order valence-corrected chi connectivity index (χ1v) is 12.8. The third-order valence-electron chi connectivity index (χ3n) is 5.39. The van der Waals surface area contributed by atoms with Crippen LogP contribution in [-0.2, 0) is 14.8 Å². The van der Waals surface area contributed by atoms with Gasteiger partial charge in [-0.15, -0.1) is 11.3 Å². The maximum absolute atomic E-state index is 12.8. The lowest BCUT2D eigenvalue weighted by molar-refractivity contribution is -0.384. The van der Waals surface area contributed by atoms with Crippen LogP contribution in [0.25, 0.3) is 11.3 Å². The van der Waals surface area contributed by atoms with Gasteiger partial charge in [0.1, 0.15) is 0 Å². The molecule has 34 heavy (non-hydrogen) atoms. The molecule has 1 fully saturated rings. The number of nitrogens with zero attached hydrogens (tertiary/aromatic N) is 3. The third kappa shape index (κ3) is 5.30. The lowest BCUT2D eigenvalue weighted by Crippen LogP contribution is -2.34. The number of carbonyl (C=O) groups excluding carboxylic acids is 1. The molecule has 10 nitrogen and oxygen atoms in total. The van der Waals surface area contributed by atoms with E-state index in [1.54, 1.807) is 17.5 Å². The van der Waals surface area contributed by atoms with Crippen molar-refractivity contribution in [2.24, 2.45) is 0 Å². The number of hydrogen-bond donors (Lipinski definition) is 1. The maximum Gasteiger partial charge on any atom is 0.270 e. The van der Waals surface area contributed by atoms with Crippen molar-refractivity contribution >= 4 is 38.1 Å². The summed E-state index contributed by atoms with van der Waals surface area (Å²) in [6, 6.07) is 11.7. The Morgan fingerprint density at radius 3 is 2.74 bits per heavy atom. The van der Waals surface area contributed by atoms with Crippen molar-refractivity contribution in [2.45, 2.75) is 23.8 Å². The highest BCUT2D eigenvalue weighted by molar-refractivity contribution is 7.89. The van der Waals surface area contributed by atoms with Gasteiger partial charge < -0.3 is 4.74 Å². The smallest absolute Gasteiger partial charge is 0.270 e. The number of sulfonamides is 1. The SMILES string of the molecule is CN(CC1CCCO1)S(=O)(=O)c1ccc(C(=O)Nc2nc(-c3cccc([N+](=O)[O-])c3)cs2)cc1. The zero-order chi connectivity index (χ0) is 24.3. The van der Waals surface area contributed by atoms with Crippen LogP contribution in [0.15, 0.2) is 58.8 Å². The van der Waals surface area contributed by atoms with E-state index in [1.807, 2.05) is 0 Å². The third-order valence-corrected chi connectivity index (χ3v) is 7.98. The molecular weight excluding hydrogens is 480 g/mol. The Labute approximate surface area is 200 Å². The van der Waals surface area contributed by atoms with E-state index in [2.05, 4.69) is 10.3 Å². The number of carbonyl (C=O) groups is 1. The van der Waals surface area contributed by atoms with Gasteiger partial charge in [-0.25, -0.2) is 13.4 Å². The quantitative estimate of drug-likeness (QED) is 0.366. The first kappa shape index (κ1) is 24.0. The Kier molecular flexibility index (Phi) is 7.03. The van der Waals surface area contributed by atoms with Crippen molar-refractivity contribution in [2.75, 3.05) is 25.5 Å². The largest absolute Gasteiger partial charge is 0.377 e. The number of nitrogens with one attached hydrogen (secondary N) is 1. The zero-order valence-electron chi connectivity index (χ0n) is 18.2. The lowest BCUT2D eigenvalue weighted by atomic mass is 10.1. The Morgan fingerprint density at radius 2 is 2.06 bits per heavy atom. The summed E-state index contributed by atoms with van der Waals surface area (Å²) in [5.74, 6) is -0.448. The van der Waals surface area contributed by atoms with Crippen LogP contribution in [0.4, 0.5) is 10.8 Å². The first-order valence-electron chi connectivity index (χ1n) is 10.4. The summed E-state index contributed by atoms with van der Waals surface area (Å²) in [5.41, 5.74) is 1.28. The highest BCUT2D eigenvalue weighted by Crippen LogP contribution is 2.28. The fourth-order valence-electron chi connectivity index (χ4n) is 3.54. The lowest BCUT2D eigenvalue weighted by Gasteiger charge is -2.20. The van der Waals surface area contributed by atoms with E-state index in [0.717, 1.165) is 12.8 Å². The topological polar surface area (TPSA) is 132 Å². The molecular formula is C22H22N4O6S2. The summed E-state index contributed by atoms with van der Waals surface area (Å²) in [6.45, 7) is 0.926. The number of ether oxygens (including phenoxy) is 1. The second kappa shape index (κ2) is 9.97. The molecule has 1 amide bonds. The van der Waals surface area contributed by atoms with Gasteiger partial charge in [-0.3, -0.25) is 20.2 Å². The molecule has 1 aliphatic rings. The fraction of sp³-hybridized carbons (Fsp3) is 0.273. The molecule has 1 unspecified atom stereocenters. The number of anilines is 1. The normalized spacial score (nSPS) is 16.0. The predicted molar refractivity (Wildman–Crippen MR) is 127 cm³/mol. The molecule has 1 N–H and O–H groups in total. The maximum atomic E-state index is 12.8. The van der Waals surface area contributed by atoms with Crippen LogP contribution in [0.2, 0.25) is 0 Å². The molecule has 0 aliphatic carbocycles. The van der Waals surface area contributed by atoms with Crippen LogP contribution >= 0.6 is 11.3 Å². The van der Waals surface area contributed by atoms with Gasteiger partial charge in [0.15, 0.2) is 5.13 Å². The van der Waals surface area contributed by atoms with Crippen molar-refractivity contribution in [1.82, 2.24) is 9.29 Å². The van der Waals surface area contributed by atoms with Gasteiger partial charge in [-0.1, -0.05) is 12.1 Å². The summed E-state index contributed by atoms with van der Waals surface area (Å²) in [5, 5.41) is 15.7. The molecule has 178 valence electrons. The highest BCUT2D eigenvalue weighted by atomic mass is 32.2. The minimum Gasteiger partial charge on any atom is -0.377 e. The molecule has 0 spiro atoms. The number of nitro benzene ring substituents is 1. The number of nitro groups is 1. The Bertz CT molecular complexity index is 1300. The number of aromatic nitrogens is 1. The first-order chi connectivity index (χ1) is 16.2. The number of benzene rings is 2. The molecule has 1 saturated heterocycles. The van der Waals surface area contributed by atoms with E-state index in [4.69, 9.17) is 4.74 Å². The van der Waals surface area contributed by atoms with Crippen LogP contribution in [0.1, 0.15) is 23.2 Å². The van der Waals surface area contributed by atoms with Gasteiger partial charge >= 0.3 is 0 Å². The number of likely N-dealkylation sites (N-methyl/N-ethyl adjacent to an activating group) is 1. The van der Waals surface area contributed by atoms with Crippen molar-refractivity contribution in [3.05, 3.63) is 69.6 Å². The van der Waals surface area contributed by atoms with Crippen molar-refractivity contribution in [3.63, 3.8) is 0 Å². The Morgan fingerprint density at radius 1 is 1.29 bits per heavy atom. The highest BCUT2D eigenvalue weighted by Gasteiger charge is 2.26. The van der Waals surface area contributed by atoms with Crippen LogP contribution in [0.3, 0.4) is 0 Å². The van der Waals surface area contributed by atoms with Crippen LogP contribution in [0, 0.1) is 10.1 Å². The summed E-state index contributed by atoms with van der Waals surface area (Å²) in [6.07, 6.45) is 1.65. The molecule has 0 radical (unpaired) electrons. The summed E-state index contributed by atoms with van der Waals surface area (Å²) in [7, 11) is -2.19. The summed E-state index contributed by atoms with van der Waals surface area (Å²) in [4.78, 5) is 27.5. The van der Waals surface area contributed by atoms with Gasteiger partial charge in [0.05, 0.1) is 21.6 Å². The van der Waals surface area contributed by atoms with E-state index < -0.39 is 20.9 Å². The van der Waals surface area contributed by atoms with Gasteiger partial charge in [-0.05, 0) is 37.1 Å². The van der Waals surface area contributed by atoms with Crippen LogP contribution < -0.4 is 5.32 Å². The van der Waals surface area contributed by atoms with Gasteiger partial charge in [-0.2, -0.15) is 4.31 Å². The Balaban J connectivity index is 1.42. The van der Waals surface area contributed by atoms with E-state index in [0.29, 0.717) is 23.0 Å². The molecule has 0 bridgehead atoms. The molecule has 1 atom stereocenters. The number of amides is 1. The molecule has 4 rings (SSSR count). The van der Waals surface area contributed by atoms with E-state index >= 15 is 0 Å². The Hall–Kier alpha value is -3.19. The number of hydrogen-bond acceptors (Lipinski definition) is 8. The molecule has 3 aromatic rings. The van der Waals surface area contributed by atoms with E-state index in [1.165, 1.54) is 59.1 Å². The van der Waals surface area contributed by atoms with Gasteiger partial charge in [0.2, 0.25) is 10.0 Å². The molecule has 12 heteroatoms. The number of non-ortho nitro benzene ring substituents is 1. The standard InChI is InChI=1S/C22H22N4O6S2/c1-25(13-18-6-3-11-32-18)34(30,31)19-9-7-15(8-10-19)21(27)24-22-23-20(14-33-22)16-4-2-5-17(12-16)26(28)29/h2,4-5,7-10,12,14,18H,3,6,11,13H2,1H3,(H,23,24,27). The molecule has 2 heterocycles. The second-order valence-electron chi connectivity index (χ2n) is 7.74. The average molecular weight is 503 g/mol. The predicted octanol–water partition coefficient (Wildman–Crippen LogP) is 3.77. The zero-order valence-corrected chi connectivity index (χ0v) is 19.8. The van der Waals surface area contributed by atoms with E-state index in [9.17, 15) is 23.3 Å². The van der Waals surface area contributed by atoms with Crippen molar-refractivity contribution < 1.29 is 22.9 Å². The molecule has 2 aromatic carbocycles. The summed E-state index contributed by atoms with van der Waals surface area (Å²) < 4.78 is 32.4. The minimum atomic E-state index is -3.70.